The van der Waals surface area contributed by atoms with Crippen LogP contribution in [0.25, 0.3) is 0 Å². The molecule has 0 unspecified atom stereocenters. The van der Waals surface area contributed by atoms with Crippen LogP contribution >= 0.6 is 11.8 Å². The maximum absolute atomic E-state index is 11.3. The number of carboxylic acids is 1. The fourth-order valence-electron chi connectivity index (χ4n) is 1.77. The predicted molar refractivity (Wildman–Crippen MR) is 54.4 cm³/mol. The van der Waals surface area contributed by atoms with E-state index in [0.717, 1.165) is 11.5 Å². The second-order valence-corrected chi connectivity index (χ2v) is 4.62. The van der Waals surface area contributed by atoms with E-state index in [1.807, 2.05) is 11.8 Å². The standard InChI is InChI=1S/C9H12N2O2S/c12-8(13)9(2-6-14-7-3-9)11-5-1-4-10-11/h1,4-5H,2-3,6-7H2,(H,12,13). The lowest BCUT2D eigenvalue weighted by Crippen LogP contribution is -2.45. The van der Waals surface area contributed by atoms with Gasteiger partial charge < -0.3 is 5.11 Å². The average molecular weight is 212 g/mol. The van der Waals surface area contributed by atoms with Gasteiger partial charge >= 0.3 is 5.97 Å². The van der Waals surface area contributed by atoms with Gasteiger partial charge in [-0.05, 0) is 30.4 Å². The summed E-state index contributed by atoms with van der Waals surface area (Å²) in [5.41, 5.74) is -0.797. The van der Waals surface area contributed by atoms with Gasteiger partial charge in [0.2, 0.25) is 0 Å². The molecular formula is C9H12N2O2S. The monoisotopic (exact) mass is 212 g/mol. The van der Waals surface area contributed by atoms with E-state index >= 15 is 0 Å². The Morgan fingerprint density at radius 1 is 1.50 bits per heavy atom. The number of thioether (sulfide) groups is 1. The summed E-state index contributed by atoms with van der Waals surface area (Å²) in [5.74, 6) is 1.03. The van der Waals surface area contributed by atoms with Gasteiger partial charge in [-0.15, -0.1) is 0 Å². The van der Waals surface area contributed by atoms with Crippen LogP contribution in [0.3, 0.4) is 0 Å². The summed E-state index contributed by atoms with van der Waals surface area (Å²) in [6.07, 6.45) is 4.69. The van der Waals surface area contributed by atoms with Crippen LogP contribution < -0.4 is 0 Å². The predicted octanol–water partition coefficient (Wildman–Crippen LogP) is 1.19. The van der Waals surface area contributed by atoms with E-state index in [9.17, 15) is 9.90 Å². The van der Waals surface area contributed by atoms with Crippen LogP contribution in [-0.4, -0.2) is 32.4 Å². The van der Waals surface area contributed by atoms with Gasteiger partial charge in [0, 0.05) is 12.4 Å². The fourth-order valence-corrected chi connectivity index (χ4v) is 2.94. The van der Waals surface area contributed by atoms with Gasteiger partial charge in [0.15, 0.2) is 5.54 Å². The normalized spacial score (nSPS) is 20.6. The summed E-state index contributed by atoms with van der Waals surface area (Å²) in [7, 11) is 0. The minimum Gasteiger partial charge on any atom is -0.479 e. The van der Waals surface area contributed by atoms with Crippen LogP contribution in [0.1, 0.15) is 12.8 Å². The van der Waals surface area contributed by atoms with Crippen LogP contribution in [0.2, 0.25) is 0 Å². The van der Waals surface area contributed by atoms with E-state index < -0.39 is 11.5 Å². The maximum Gasteiger partial charge on any atom is 0.331 e. The summed E-state index contributed by atoms with van der Waals surface area (Å²) < 4.78 is 1.59. The minimum atomic E-state index is -0.797. The first-order valence-electron chi connectivity index (χ1n) is 4.57. The van der Waals surface area contributed by atoms with Gasteiger partial charge in [-0.3, -0.25) is 4.68 Å². The topological polar surface area (TPSA) is 55.1 Å². The highest BCUT2D eigenvalue weighted by Crippen LogP contribution is 2.33. The van der Waals surface area contributed by atoms with Gasteiger partial charge in [-0.2, -0.15) is 16.9 Å². The molecular weight excluding hydrogens is 200 g/mol. The van der Waals surface area contributed by atoms with E-state index in [1.54, 1.807) is 23.1 Å². The Balaban J connectivity index is 2.35. The Hall–Kier alpha value is -0.970. The van der Waals surface area contributed by atoms with E-state index in [0.29, 0.717) is 12.8 Å². The molecule has 2 heterocycles. The fraction of sp³-hybridized carbons (Fsp3) is 0.556. The number of hydrogen-bond donors (Lipinski definition) is 1. The molecule has 0 spiro atoms. The van der Waals surface area contributed by atoms with Crippen LogP contribution in [0.5, 0.6) is 0 Å². The SMILES string of the molecule is O=C(O)C1(n2cccn2)CCSCC1. The molecule has 4 nitrogen and oxygen atoms in total. The molecule has 0 atom stereocenters. The number of aromatic nitrogens is 2. The first kappa shape index (κ1) is 9.58. The van der Waals surface area contributed by atoms with Gasteiger partial charge in [0.1, 0.15) is 0 Å². The molecule has 1 aromatic rings. The average Bonchev–Trinajstić information content (AvgIpc) is 2.72. The lowest BCUT2D eigenvalue weighted by atomic mass is 9.93. The second kappa shape index (κ2) is 3.65. The number of aliphatic carboxylic acids is 1. The molecule has 0 amide bonds. The number of carboxylic acid groups (broad SMARTS) is 1. The summed E-state index contributed by atoms with van der Waals surface area (Å²) in [5, 5.41) is 13.4. The van der Waals surface area contributed by atoms with Crippen LogP contribution in [0.4, 0.5) is 0 Å². The largest absolute Gasteiger partial charge is 0.479 e. The highest BCUT2D eigenvalue weighted by atomic mass is 32.2. The molecule has 5 heteroatoms. The molecule has 1 aliphatic heterocycles. The third-order valence-corrected chi connectivity index (χ3v) is 3.65. The molecule has 1 aliphatic rings. The van der Waals surface area contributed by atoms with Crippen LogP contribution in [0, 0.1) is 0 Å². The zero-order chi connectivity index (χ0) is 10.0. The van der Waals surface area contributed by atoms with Gasteiger partial charge in [-0.1, -0.05) is 0 Å². The lowest BCUT2D eigenvalue weighted by molar-refractivity contribution is -0.148. The minimum absolute atomic E-state index is 0.661. The Morgan fingerprint density at radius 3 is 2.71 bits per heavy atom. The van der Waals surface area contributed by atoms with Crippen molar-refractivity contribution in [2.45, 2.75) is 18.4 Å². The number of carbonyl (C=O) groups is 1. The molecule has 0 aliphatic carbocycles. The van der Waals surface area contributed by atoms with Crippen molar-refractivity contribution in [1.82, 2.24) is 9.78 Å². The smallest absolute Gasteiger partial charge is 0.331 e. The molecule has 0 bridgehead atoms. The second-order valence-electron chi connectivity index (χ2n) is 3.40. The highest BCUT2D eigenvalue weighted by Gasteiger charge is 2.42. The Kier molecular flexibility index (Phi) is 2.50. The Morgan fingerprint density at radius 2 is 2.21 bits per heavy atom. The molecule has 76 valence electrons. The van der Waals surface area contributed by atoms with E-state index in [1.165, 1.54) is 0 Å². The molecule has 14 heavy (non-hydrogen) atoms. The van der Waals surface area contributed by atoms with Crippen molar-refractivity contribution in [2.75, 3.05) is 11.5 Å². The van der Waals surface area contributed by atoms with Gasteiger partial charge in [-0.25, -0.2) is 4.79 Å². The van der Waals surface area contributed by atoms with Crippen molar-refractivity contribution in [2.24, 2.45) is 0 Å². The van der Waals surface area contributed by atoms with E-state index in [-0.39, 0.29) is 0 Å². The molecule has 1 N–H and O–H groups in total. The van der Waals surface area contributed by atoms with Crippen molar-refractivity contribution < 1.29 is 9.90 Å². The van der Waals surface area contributed by atoms with Crippen LogP contribution in [-0.2, 0) is 10.3 Å². The van der Waals surface area contributed by atoms with Crippen molar-refractivity contribution in [3.63, 3.8) is 0 Å². The Labute approximate surface area is 86.3 Å². The zero-order valence-electron chi connectivity index (χ0n) is 7.72. The third-order valence-electron chi connectivity index (χ3n) is 2.66. The zero-order valence-corrected chi connectivity index (χ0v) is 8.54. The summed E-state index contributed by atoms with van der Waals surface area (Å²) >= 11 is 1.81. The van der Waals surface area contributed by atoms with Crippen molar-refractivity contribution in [3.05, 3.63) is 18.5 Å². The quantitative estimate of drug-likeness (QED) is 0.800. The third kappa shape index (κ3) is 1.41. The molecule has 1 aromatic heterocycles. The van der Waals surface area contributed by atoms with Crippen molar-refractivity contribution >= 4 is 17.7 Å². The first-order chi connectivity index (χ1) is 6.76. The van der Waals surface area contributed by atoms with Crippen molar-refractivity contribution in [3.8, 4) is 0 Å². The molecule has 0 radical (unpaired) electrons. The molecule has 0 aromatic carbocycles. The summed E-state index contributed by atoms with van der Waals surface area (Å²) in [6.45, 7) is 0. The van der Waals surface area contributed by atoms with Crippen molar-refractivity contribution in [1.29, 1.82) is 0 Å². The van der Waals surface area contributed by atoms with E-state index in [4.69, 9.17) is 0 Å². The van der Waals surface area contributed by atoms with Gasteiger partial charge in [0.25, 0.3) is 0 Å². The first-order valence-corrected chi connectivity index (χ1v) is 5.72. The number of hydrogen-bond acceptors (Lipinski definition) is 3. The maximum atomic E-state index is 11.3. The highest BCUT2D eigenvalue weighted by molar-refractivity contribution is 7.99. The number of nitrogens with zero attached hydrogens (tertiary/aromatic N) is 2. The molecule has 1 fully saturated rings. The summed E-state index contributed by atoms with van der Waals surface area (Å²) in [6, 6.07) is 1.77. The van der Waals surface area contributed by atoms with E-state index in [2.05, 4.69) is 5.10 Å². The summed E-state index contributed by atoms with van der Waals surface area (Å²) in [4.78, 5) is 11.3. The Bertz CT molecular complexity index is 318. The molecule has 2 rings (SSSR count). The number of rotatable bonds is 2. The molecule has 1 saturated heterocycles. The van der Waals surface area contributed by atoms with Gasteiger partial charge in [0.05, 0.1) is 0 Å². The molecule has 0 saturated carbocycles. The lowest BCUT2D eigenvalue weighted by Gasteiger charge is -2.32. The van der Waals surface area contributed by atoms with Crippen LogP contribution in [0.15, 0.2) is 18.5 Å².